The largest absolute Gasteiger partial charge is 0.396 e. The van der Waals surface area contributed by atoms with E-state index in [1.165, 1.54) is 25.7 Å². The van der Waals surface area contributed by atoms with Gasteiger partial charge in [-0.2, -0.15) is 0 Å². The number of amides is 1. The molecule has 0 aromatic heterocycles. The molecule has 1 amide bonds. The first-order chi connectivity index (χ1) is 8.64. The normalized spacial score (nSPS) is 31.0. The SMILES string of the molecule is CC1(C(=O)N[C@@H]2C=C[C@H](CO)C2)CCCCCC1. The van der Waals surface area contributed by atoms with Gasteiger partial charge in [-0.3, -0.25) is 4.79 Å². The molecule has 0 aliphatic heterocycles. The second kappa shape index (κ2) is 5.87. The van der Waals surface area contributed by atoms with Gasteiger partial charge in [0, 0.05) is 24.0 Å². The lowest BCUT2D eigenvalue weighted by Gasteiger charge is -2.28. The Balaban J connectivity index is 1.89. The van der Waals surface area contributed by atoms with E-state index in [4.69, 9.17) is 5.11 Å². The highest BCUT2D eigenvalue weighted by atomic mass is 16.3. The fourth-order valence-corrected chi connectivity index (χ4v) is 3.10. The molecule has 2 aliphatic rings. The van der Waals surface area contributed by atoms with Crippen molar-refractivity contribution < 1.29 is 9.90 Å². The van der Waals surface area contributed by atoms with Crippen molar-refractivity contribution in [1.82, 2.24) is 5.32 Å². The van der Waals surface area contributed by atoms with Crippen LogP contribution >= 0.6 is 0 Å². The molecule has 102 valence electrons. The summed E-state index contributed by atoms with van der Waals surface area (Å²) in [4.78, 5) is 12.4. The molecule has 0 unspecified atom stereocenters. The highest BCUT2D eigenvalue weighted by Crippen LogP contribution is 2.35. The Kier molecular flexibility index (Phi) is 4.44. The maximum Gasteiger partial charge on any atom is 0.226 e. The molecule has 2 rings (SSSR count). The van der Waals surface area contributed by atoms with Gasteiger partial charge in [0.05, 0.1) is 0 Å². The zero-order valence-electron chi connectivity index (χ0n) is 11.3. The number of hydrogen-bond donors (Lipinski definition) is 2. The number of rotatable bonds is 3. The van der Waals surface area contributed by atoms with Crippen LogP contribution < -0.4 is 5.32 Å². The third-order valence-corrected chi connectivity index (χ3v) is 4.48. The summed E-state index contributed by atoms with van der Waals surface area (Å²) in [5.41, 5.74) is -0.179. The molecule has 18 heavy (non-hydrogen) atoms. The average molecular weight is 251 g/mol. The van der Waals surface area contributed by atoms with E-state index in [0.29, 0.717) is 0 Å². The molecule has 0 bridgehead atoms. The molecule has 1 fully saturated rings. The number of hydrogen-bond acceptors (Lipinski definition) is 2. The standard InChI is InChI=1S/C15H25NO2/c1-15(8-4-2-3-5-9-15)14(18)16-13-7-6-12(10-13)11-17/h6-7,12-13,17H,2-5,8-11H2,1H3,(H,16,18)/t12-,13+/m0/s1. The van der Waals surface area contributed by atoms with Crippen molar-refractivity contribution in [3.05, 3.63) is 12.2 Å². The molecule has 0 aromatic carbocycles. The third-order valence-electron chi connectivity index (χ3n) is 4.48. The molecule has 0 heterocycles. The van der Waals surface area contributed by atoms with Gasteiger partial charge in [0.2, 0.25) is 5.91 Å². The molecule has 3 heteroatoms. The Bertz CT molecular complexity index is 316. The van der Waals surface area contributed by atoms with E-state index >= 15 is 0 Å². The predicted molar refractivity (Wildman–Crippen MR) is 72.1 cm³/mol. The Hall–Kier alpha value is -0.830. The lowest BCUT2D eigenvalue weighted by molar-refractivity contribution is -0.131. The first-order valence-electron chi connectivity index (χ1n) is 7.24. The number of carbonyl (C=O) groups is 1. The molecular weight excluding hydrogens is 226 g/mol. The summed E-state index contributed by atoms with van der Waals surface area (Å²) in [6.07, 6.45) is 11.8. The second-order valence-corrected chi connectivity index (χ2v) is 6.12. The van der Waals surface area contributed by atoms with Crippen LogP contribution in [0.15, 0.2) is 12.2 Å². The lowest BCUT2D eigenvalue weighted by atomic mass is 9.81. The first-order valence-corrected chi connectivity index (χ1v) is 7.24. The Labute approximate surface area is 110 Å². The molecule has 2 aliphatic carbocycles. The van der Waals surface area contributed by atoms with E-state index in [0.717, 1.165) is 19.3 Å². The maximum absolute atomic E-state index is 12.4. The van der Waals surface area contributed by atoms with Crippen LogP contribution in [-0.2, 0) is 4.79 Å². The number of aliphatic hydroxyl groups excluding tert-OH is 1. The van der Waals surface area contributed by atoms with Gasteiger partial charge >= 0.3 is 0 Å². The molecule has 2 N–H and O–H groups in total. The Morgan fingerprint density at radius 3 is 2.50 bits per heavy atom. The summed E-state index contributed by atoms with van der Waals surface area (Å²) >= 11 is 0. The van der Waals surface area contributed by atoms with Gasteiger partial charge in [-0.25, -0.2) is 0 Å². The highest BCUT2D eigenvalue weighted by molar-refractivity contribution is 5.82. The Morgan fingerprint density at radius 1 is 1.28 bits per heavy atom. The molecule has 1 saturated carbocycles. The fraction of sp³-hybridized carbons (Fsp3) is 0.800. The summed E-state index contributed by atoms with van der Waals surface area (Å²) in [6, 6.07) is 0.120. The lowest BCUT2D eigenvalue weighted by Crippen LogP contribution is -2.43. The van der Waals surface area contributed by atoms with E-state index in [1.54, 1.807) is 0 Å². The topological polar surface area (TPSA) is 49.3 Å². The highest BCUT2D eigenvalue weighted by Gasteiger charge is 2.34. The monoisotopic (exact) mass is 251 g/mol. The van der Waals surface area contributed by atoms with Gasteiger partial charge in [-0.15, -0.1) is 0 Å². The van der Waals surface area contributed by atoms with E-state index in [-0.39, 0.29) is 29.9 Å². The van der Waals surface area contributed by atoms with Crippen LogP contribution in [0.1, 0.15) is 51.9 Å². The molecule has 2 atom stereocenters. The first kappa shape index (κ1) is 13.6. The zero-order valence-corrected chi connectivity index (χ0v) is 11.3. The van der Waals surface area contributed by atoms with E-state index < -0.39 is 0 Å². The summed E-state index contributed by atoms with van der Waals surface area (Å²) in [5.74, 6) is 0.426. The quantitative estimate of drug-likeness (QED) is 0.598. The smallest absolute Gasteiger partial charge is 0.226 e. The van der Waals surface area contributed by atoms with Crippen LogP contribution in [0, 0.1) is 11.3 Å². The molecule has 0 radical (unpaired) electrons. The van der Waals surface area contributed by atoms with Crippen molar-refractivity contribution in [2.45, 2.75) is 57.9 Å². The second-order valence-electron chi connectivity index (χ2n) is 6.12. The van der Waals surface area contributed by atoms with Gasteiger partial charge in [-0.05, 0) is 19.3 Å². The Morgan fingerprint density at radius 2 is 1.94 bits per heavy atom. The average Bonchev–Trinajstić information content (AvgIpc) is 2.69. The third kappa shape index (κ3) is 3.14. The zero-order chi connectivity index (χ0) is 13.0. The van der Waals surface area contributed by atoms with Gasteiger partial charge < -0.3 is 10.4 Å². The van der Waals surface area contributed by atoms with E-state index in [2.05, 4.69) is 12.2 Å². The van der Waals surface area contributed by atoms with Crippen LogP contribution in [0.25, 0.3) is 0 Å². The van der Waals surface area contributed by atoms with Gasteiger partial charge in [0.25, 0.3) is 0 Å². The number of aliphatic hydroxyl groups is 1. The predicted octanol–water partition coefficient (Wildman–Crippen LogP) is 2.40. The summed E-state index contributed by atoms with van der Waals surface area (Å²) in [6.45, 7) is 2.29. The minimum absolute atomic E-state index is 0.120. The fourth-order valence-electron chi connectivity index (χ4n) is 3.10. The van der Waals surface area contributed by atoms with Crippen molar-refractivity contribution in [1.29, 1.82) is 0 Å². The maximum atomic E-state index is 12.4. The minimum Gasteiger partial charge on any atom is -0.396 e. The van der Waals surface area contributed by atoms with Gasteiger partial charge in [-0.1, -0.05) is 44.8 Å². The van der Waals surface area contributed by atoms with Crippen LogP contribution in [0.3, 0.4) is 0 Å². The van der Waals surface area contributed by atoms with Crippen LogP contribution in [0.2, 0.25) is 0 Å². The van der Waals surface area contributed by atoms with Crippen LogP contribution in [0.4, 0.5) is 0 Å². The molecule has 0 saturated heterocycles. The van der Waals surface area contributed by atoms with Crippen molar-refractivity contribution in [2.75, 3.05) is 6.61 Å². The summed E-state index contributed by atoms with van der Waals surface area (Å²) in [5, 5.41) is 12.2. The van der Waals surface area contributed by atoms with Crippen LogP contribution in [0.5, 0.6) is 0 Å². The summed E-state index contributed by atoms with van der Waals surface area (Å²) in [7, 11) is 0. The van der Waals surface area contributed by atoms with Crippen molar-refractivity contribution in [3.8, 4) is 0 Å². The van der Waals surface area contributed by atoms with Gasteiger partial charge in [0.1, 0.15) is 0 Å². The van der Waals surface area contributed by atoms with Gasteiger partial charge in [0.15, 0.2) is 0 Å². The number of nitrogens with one attached hydrogen (secondary N) is 1. The van der Waals surface area contributed by atoms with Crippen LogP contribution in [-0.4, -0.2) is 23.7 Å². The molecule has 3 nitrogen and oxygen atoms in total. The minimum atomic E-state index is -0.179. The van der Waals surface area contributed by atoms with E-state index in [1.807, 2.05) is 12.2 Å². The van der Waals surface area contributed by atoms with E-state index in [9.17, 15) is 4.79 Å². The molecule has 0 spiro atoms. The van der Waals surface area contributed by atoms with Crippen molar-refractivity contribution >= 4 is 5.91 Å². The summed E-state index contributed by atoms with van der Waals surface area (Å²) < 4.78 is 0. The molecular formula is C15H25NO2. The number of carbonyl (C=O) groups excluding carboxylic acids is 1. The van der Waals surface area contributed by atoms with Crippen molar-refractivity contribution in [3.63, 3.8) is 0 Å². The van der Waals surface area contributed by atoms with Crippen molar-refractivity contribution in [2.24, 2.45) is 11.3 Å². The molecule has 0 aromatic rings.